The summed E-state index contributed by atoms with van der Waals surface area (Å²) in [6.45, 7) is 6.06. The van der Waals surface area contributed by atoms with Crippen molar-refractivity contribution in [1.29, 1.82) is 0 Å². The number of thiazole rings is 1. The average molecular weight is 185 g/mol. The minimum absolute atomic E-state index is 0.259. The van der Waals surface area contributed by atoms with Gasteiger partial charge in [0.25, 0.3) is 0 Å². The number of aliphatic hydroxyl groups is 1. The van der Waals surface area contributed by atoms with Gasteiger partial charge in [0.1, 0.15) is 0 Å². The molecular weight excluding hydrogens is 170 g/mol. The summed E-state index contributed by atoms with van der Waals surface area (Å²) >= 11 is 1.70. The van der Waals surface area contributed by atoms with Crippen LogP contribution in [-0.4, -0.2) is 16.2 Å². The van der Waals surface area contributed by atoms with Crippen LogP contribution in [0.3, 0.4) is 0 Å². The van der Waals surface area contributed by atoms with Gasteiger partial charge >= 0.3 is 0 Å². The van der Waals surface area contributed by atoms with E-state index < -0.39 is 0 Å². The van der Waals surface area contributed by atoms with Crippen LogP contribution < -0.4 is 0 Å². The van der Waals surface area contributed by atoms with Gasteiger partial charge in [0.15, 0.2) is 0 Å². The van der Waals surface area contributed by atoms with Crippen LogP contribution >= 0.6 is 11.3 Å². The first kappa shape index (κ1) is 9.68. The summed E-state index contributed by atoms with van der Waals surface area (Å²) in [6, 6.07) is 0. The van der Waals surface area contributed by atoms with Crippen molar-refractivity contribution in [1.82, 2.24) is 4.98 Å². The van der Waals surface area contributed by atoms with Crippen LogP contribution in [0.2, 0.25) is 0 Å². The van der Waals surface area contributed by atoms with Crippen molar-refractivity contribution in [3.05, 3.63) is 16.1 Å². The van der Waals surface area contributed by atoms with Gasteiger partial charge in [0.2, 0.25) is 0 Å². The molecular formula is C9H15NOS. The predicted octanol–water partition coefficient (Wildman–Crippen LogP) is 2.19. The molecule has 0 fully saturated rings. The maximum atomic E-state index is 9.13. The molecule has 0 spiro atoms. The molecule has 0 bridgehead atoms. The van der Waals surface area contributed by atoms with E-state index in [1.807, 2.05) is 6.20 Å². The van der Waals surface area contributed by atoms with Crippen LogP contribution in [0.5, 0.6) is 0 Å². The number of nitrogens with zero attached hydrogens (tertiary/aromatic N) is 1. The van der Waals surface area contributed by atoms with Crippen LogP contribution in [0.15, 0.2) is 6.20 Å². The molecule has 0 unspecified atom stereocenters. The van der Waals surface area contributed by atoms with E-state index in [-0.39, 0.29) is 6.10 Å². The number of hydrogen-bond donors (Lipinski definition) is 1. The van der Waals surface area contributed by atoms with Crippen LogP contribution in [-0.2, 0) is 6.42 Å². The third kappa shape index (κ3) is 2.57. The first-order chi connectivity index (χ1) is 5.59. The van der Waals surface area contributed by atoms with Gasteiger partial charge in [-0.2, -0.15) is 0 Å². The molecule has 0 amide bonds. The molecule has 0 aromatic carbocycles. The molecule has 3 heteroatoms. The first-order valence-corrected chi connectivity index (χ1v) is 5.04. The van der Waals surface area contributed by atoms with Crippen molar-refractivity contribution in [2.24, 2.45) is 0 Å². The van der Waals surface area contributed by atoms with Gasteiger partial charge in [0, 0.05) is 23.4 Å². The lowest BCUT2D eigenvalue weighted by molar-refractivity contribution is 0.196. The summed E-state index contributed by atoms with van der Waals surface area (Å²) in [6.07, 6.45) is 2.34. The molecule has 1 aromatic heterocycles. The van der Waals surface area contributed by atoms with Gasteiger partial charge in [-0.1, -0.05) is 13.8 Å². The molecule has 0 aliphatic carbocycles. The monoisotopic (exact) mass is 185 g/mol. The molecule has 2 nitrogen and oxygen atoms in total. The summed E-state index contributed by atoms with van der Waals surface area (Å²) < 4.78 is 0. The van der Waals surface area contributed by atoms with Crippen LogP contribution in [0.4, 0.5) is 0 Å². The zero-order valence-corrected chi connectivity index (χ0v) is 8.56. The van der Waals surface area contributed by atoms with E-state index in [1.54, 1.807) is 18.3 Å². The van der Waals surface area contributed by atoms with E-state index in [4.69, 9.17) is 5.11 Å². The van der Waals surface area contributed by atoms with Gasteiger partial charge in [-0.15, -0.1) is 11.3 Å². The summed E-state index contributed by atoms with van der Waals surface area (Å²) in [4.78, 5) is 5.45. The summed E-state index contributed by atoms with van der Waals surface area (Å²) in [5.41, 5.74) is 0. The van der Waals surface area contributed by atoms with E-state index in [1.165, 1.54) is 4.88 Å². The molecule has 0 aliphatic rings. The van der Waals surface area contributed by atoms with Crippen molar-refractivity contribution >= 4 is 11.3 Å². The highest BCUT2D eigenvalue weighted by atomic mass is 32.1. The second kappa shape index (κ2) is 4.01. The van der Waals surface area contributed by atoms with Gasteiger partial charge in [-0.25, -0.2) is 4.98 Å². The fourth-order valence-electron chi connectivity index (χ4n) is 0.975. The predicted molar refractivity (Wildman–Crippen MR) is 51.6 cm³/mol. The minimum Gasteiger partial charge on any atom is -0.393 e. The largest absolute Gasteiger partial charge is 0.393 e. The summed E-state index contributed by atoms with van der Waals surface area (Å²) in [7, 11) is 0. The van der Waals surface area contributed by atoms with E-state index in [9.17, 15) is 0 Å². The molecule has 1 atom stereocenters. The molecule has 0 radical (unpaired) electrons. The molecule has 0 saturated heterocycles. The molecule has 68 valence electrons. The maximum Gasteiger partial charge on any atom is 0.0953 e. The Balaban J connectivity index is 2.64. The maximum absolute atomic E-state index is 9.13. The van der Waals surface area contributed by atoms with Crippen LogP contribution in [0.1, 0.15) is 36.6 Å². The zero-order chi connectivity index (χ0) is 9.14. The first-order valence-electron chi connectivity index (χ1n) is 4.22. The Morgan fingerprint density at radius 2 is 2.17 bits per heavy atom. The van der Waals surface area contributed by atoms with Gasteiger partial charge in [-0.05, 0) is 6.92 Å². The normalized spacial score (nSPS) is 13.8. The topological polar surface area (TPSA) is 33.1 Å². The molecule has 1 aromatic rings. The molecule has 1 heterocycles. The van der Waals surface area contributed by atoms with Crippen LogP contribution in [0, 0.1) is 0 Å². The highest BCUT2D eigenvalue weighted by Crippen LogP contribution is 2.21. The Labute approximate surface area is 77.3 Å². The summed E-state index contributed by atoms with van der Waals surface area (Å²) in [5.74, 6) is 0.498. The average Bonchev–Trinajstić information content (AvgIpc) is 2.34. The molecule has 12 heavy (non-hydrogen) atoms. The standard InChI is InChI=1S/C9H15NOS/c1-6(2)9-10-5-8(12-9)4-7(3)11/h5-7,11H,4H2,1-3H3/t7-/m0/s1. The van der Waals surface area contributed by atoms with Gasteiger partial charge in [-0.3, -0.25) is 0 Å². The lowest BCUT2D eigenvalue weighted by atomic mass is 10.2. The van der Waals surface area contributed by atoms with Crippen LogP contribution in [0.25, 0.3) is 0 Å². The molecule has 0 aliphatic heterocycles. The third-order valence-electron chi connectivity index (χ3n) is 1.56. The lowest BCUT2D eigenvalue weighted by Gasteiger charge is -1.99. The van der Waals surface area contributed by atoms with Crippen molar-refractivity contribution in [3.8, 4) is 0 Å². The number of aromatic nitrogens is 1. The fourth-order valence-corrected chi connectivity index (χ4v) is 2.01. The molecule has 1 N–H and O–H groups in total. The smallest absolute Gasteiger partial charge is 0.0953 e. The van der Waals surface area contributed by atoms with E-state index in [0.29, 0.717) is 5.92 Å². The SMILES string of the molecule is CC(C)c1ncc(C[C@H](C)O)s1. The number of aliphatic hydroxyl groups excluding tert-OH is 1. The Kier molecular flexibility index (Phi) is 3.23. The molecule has 1 rings (SSSR count). The van der Waals surface area contributed by atoms with Crippen molar-refractivity contribution in [3.63, 3.8) is 0 Å². The fraction of sp³-hybridized carbons (Fsp3) is 0.667. The summed E-state index contributed by atoms with van der Waals surface area (Å²) in [5, 5.41) is 10.3. The van der Waals surface area contributed by atoms with E-state index in [0.717, 1.165) is 11.4 Å². The Morgan fingerprint density at radius 1 is 1.50 bits per heavy atom. The van der Waals surface area contributed by atoms with Crippen molar-refractivity contribution < 1.29 is 5.11 Å². The van der Waals surface area contributed by atoms with Crippen molar-refractivity contribution in [2.45, 2.75) is 39.2 Å². The van der Waals surface area contributed by atoms with Gasteiger partial charge in [0.05, 0.1) is 11.1 Å². The number of hydrogen-bond acceptors (Lipinski definition) is 3. The van der Waals surface area contributed by atoms with Crippen molar-refractivity contribution in [2.75, 3.05) is 0 Å². The lowest BCUT2D eigenvalue weighted by Crippen LogP contribution is -2.01. The molecule has 0 saturated carbocycles. The Morgan fingerprint density at radius 3 is 2.58 bits per heavy atom. The quantitative estimate of drug-likeness (QED) is 0.783. The Bertz CT molecular complexity index is 242. The highest BCUT2D eigenvalue weighted by molar-refractivity contribution is 7.11. The second-order valence-electron chi connectivity index (χ2n) is 3.37. The van der Waals surface area contributed by atoms with E-state index >= 15 is 0 Å². The Hall–Kier alpha value is -0.410. The highest BCUT2D eigenvalue weighted by Gasteiger charge is 2.06. The third-order valence-corrected chi connectivity index (χ3v) is 2.88. The number of rotatable bonds is 3. The second-order valence-corrected chi connectivity index (χ2v) is 4.52. The minimum atomic E-state index is -0.259. The van der Waals surface area contributed by atoms with Gasteiger partial charge < -0.3 is 5.11 Å². The van der Waals surface area contributed by atoms with E-state index in [2.05, 4.69) is 18.8 Å². The zero-order valence-electron chi connectivity index (χ0n) is 7.74.